The quantitative estimate of drug-likeness (QED) is 0.273. The van der Waals surface area contributed by atoms with E-state index in [1.165, 1.54) is 24.3 Å². The van der Waals surface area contributed by atoms with Gasteiger partial charge in [0.2, 0.25) is 5.91 Å². The smallest absolute Gasteiger partial charge is 0.243 e. The lowest BCUT2D eigenvalue weighted by Crippen LogP contribution is -2.43. The number of carbonyl (C=O) groups is 1. The lowest BCUT2D eigenvalue weighted by Gasteiger charge is -2.16. The Morgan fingerprint density at radius 1 is 1.10 bits per heavy atom. The topological polar surface area (TPSA) is 74.8 Å². The van der Waals surface area contributed by atoms with Crippen LogP contribution in [-0.4, -0.2) is 38.6 Å². The van der Waals surface area contributed by atoms with Gasteiger partial charge < -0.3 is 20.7 Å². The zero-order valence-electron chi connectivity index (χ0n) is 16.7. The molecule has 3 N–H and O–H groups in total. The number of amides is 1. The number of guanidine groups is 1. The van der Waals surface area contributed by atoms with Crippen LogP contribution in [0.2, 0.25) is 0 Å². The van der Waals surface area contributed by atoms with Gasteiger partial charge in [0.25, 0.3) is 0 Å². The van der Waals surface area contributed by atoms with Gasteiger partial charge in [0, 0.05) is 19.3 Å². The van der Waals surface area contributed by atoms with Crippen LogP contribution in [0, 0.1) is 11.7 Å². The van der Waals surface area contributed by atoms with E-state index in [1.54, 1.807) is 7.05 Å². The van der Waals surface area contributed by atoms with Crippen LogP contribution in [-0.2, 0) is 16.1 Å². The number of halogens is 2. The summed E-state index contributed by atoms with van der Waals surface area (Å²) in [6.45, 7) is 3.99. The van der Waals surface area contributed by atoms with Gasteiger partial charge in [0.05, 0.1) is 19.8 Å². The fourth-order valence-corrected chi connectivity index (χ4v) is 2.41. The van der Waals surface area contributed by atoms with E-state index in [4.69, 9.17) is 4.74 Å². The predicted octanol–water partition coefficient (Wildman–Crippen LogP) is 3.40. The molecule has 0 aromatic heterocycles. The highest BCUT2D eigenvalue weighted by atomic mass is 127. The minimum atomic E-state index is -0.345. The normalized spacial score (nSPS) is 11.9. The summed E-state index contributed by atoms with van der Waals surface area (Å²) < 4.78 is 18.6. The summed E-state index contributed by atoms with van der Waals surface area (Å²) >= 11 is 0. The molecule has 0 fully saturated rings. The van der Waals surface area contributed by atoms with Gasteiger partial charge in [-0.15, -0.1) is 24.0 Å². The summed E-state index contributed by atoms with van der Waals surface area (Å²) in [5.74, 6) is 0.218. The molecular formula is C21H28FIN4O2. The number of aliphatic imine (C=N–C) groups is 1. The Balaban J connectivity index is 0.00000420. The van der Waals surface area contributed by atoms with Gasteiger partial charge in [-0.2, -0.15) is 0 Å². The van der Waals surface area contributed by atoms with Crippen LogP contribution in [0.4, 0.5) is 10.1 Å². The molecule has 2 aromatic rings. The molecule has 0 aliphatic carbocycles. The van der Waals surface area contributed by atoms with Crippen LogP contribution in [0.5, 0.6) is 0 Å². The van der Waals surface area contributed by atoms with Crippen LogP contribution in [0.3, 0.4) is 0 Å². The Morgan fingerprint density at radius 2 is 1.79 bits per heavy atom. The molecule has 0 radical (unpaired) electrons. The molecule has 2 rings (SSSR count). The van der Waals surface area contributed by atoms with Crippen molar-refractivity contribution in [3.05, 3.63) is 66.0 Å². The Morgan fingerprint density at radius 3 is 2.45 bits per heavy atom. The van der Waals surface area contributed by atoms with E-state index in [1.807, 2.05) is 30.3 Å². The molecule has 0 spiro atoms. The lowest BCUT2D eigenvalue weighted by molar-refractivity contribution is -0.115. The predicted molar refractivity (Wildman–Crippen MR) is 125 cm³/mol. The van der Waals surface area contributed by atoms with Gasteiger partial charge in [0.15, 0.2) is 5.96 Å². The largest absolute Gasteiger partial charge is 0.376 e. The Hall–Kier alpha value is -2.20. The van der Waals surface area contributed by atoms with Crippen molar-refractivity contribution in [2.24, 2.45) is 10.9 Å². The van der Waals surface area contributed by atoms with E-state index in [9.17, 15) is 9.18 Å². The first-order valence-corrected chi connectivity index (χ1v) is 9.18. The van der Waals surface area contributed by atoms with E-state index in [2.05, 4.69) is 27.9 Å². The summed E-state index contributed by atoms with van der Waals surface area (Å²) in [5.41, 5.74) is 1.69. The number of anilines is 1. The van der Waals surface area contributed by atoms with Crippen LogP contribution >= 0.6 is 24.0 Å². The molecule has 0 saturated carbocycles. The summed E-state index contributed by atoms with van der Waals surface area (Å²) in [6, 6.07) is 15.6. The van der Waals surface area contributed by atoms with Gasteiger partial charge in [0.1, 0.15) is 5.82 Å². The highest BCUT2D eigenvalue weighted by molar-refractivity contribution is 14.0. The molecule has 29 heavy (non-hydrogen) atoms. The molecule has 0 aliphatic rings. The first-order chi connectivity index (χ1) is 13.6. The summed E-state index contributed by atoms with van der Waals surface area (Å²) in [6.07, 6.45) is 0. The van der Waals surface area contributed by atoms with Crippen molar-refractivity contribution in [1.82, 2.24) is 10.6 Å². The van der Waals surface area contributed by atoms with Crippen molar-refractivity contribution in [2.75, 3.05) is 32.1 Å². The van der Waals surface area contributed by atoms with Crippen molar-refractivity contribution in [1.29, 1.82) is 0 Å². The number of nitrogens with zero attached hydrogens (tertiary/aromatic N) is 1. The SMILES string of the molecule is CN=C(NCC(=O)Nc1ccc(F)cc1)NCC(C)COCc1ccccc1.I. The summed E-state index contributed by atoms with van der Waals surface area (Å²) in [4.78, 5) is 16.1. The van der Waals surface area contributed by atoms with Crippen molar-refractivity contribution in [2.45, 2.75) is 13.5 Å². The number of rotatable bonds is 9. The molecular weight excluding hydrogens is 486 g/mol. The average molecular weight is 514 g/mol. The van der Waals surface area contributed by atoms with Gasteiger partial charge >= 0.3 is 0 Å². The van der Waals surface area contributed by atoms with E-state index >= 15 is 0 Å². The molecule has 0 aliphatic heterocycles. The van der Waals surface area contributed by atoms with Gasteiger partial charge in [-0.05, 0) is 35.7 Å². The maximum atomic E-state index is 12.9. The molecule has 8 heteroatoms. The van der Waals surface area contributed by atoms with Crippen LogP contribution in [0.15, 0.2) is 59.6 Å². The standard InChI is InChI=1S/C21H27FN4O2.HI/c1-16(14-28-15-17-6-4-3-5-7-17)12-24-21(23-2)25-13-20(27)26-19-10-8-18(22)9-11-19;/h3-11,16H,12-15H2,1-2H3,(H,26,27)(H2,23,24,25);1H. The molecule has 2 aromatic carbocycles. The molecule has 1 atom stereocenters. The molecule has 1 amide bonds. The molecule has 0 saturated heterocycles. The average Bonchev–Trinajstić information content (AvgIpc) is 2.70. The van der Waals surface area contributed by atoms with Crippen LogP contribution < -0.4 is 16.0 Å². The maximum Gasteiger partial charge on any atom is 0.243 e. The highest BCUT2D eigenvalue weighted by Crippen LogP contribution is 2.07. The lowest BCUT2D eigenvalue weighted by atomic mass is 10.2. The minimum Gasteiger partial charge on any atom is -0.376 e. The highest BCUT2D eigenvalue weighted by Gasteiger charge is 2.07. The first kappa shape index (κ1) is 24.8. The summed E-state index contributed by atoms with van der Waals surface area (Å²) in [7, 11) is 1.64. The number of hydrogen-bond acceptors (Lipinski definition) is 3. The number of nitrogens with one attached hydrogen (secondary N) is 3. The van der Waals surface area contributed by atoms with E-state index < -0.39 is 0 Å². The molecule has 158 valence electrons. The number of hydrogen-bond donors (Lipinski definition) is 3. The fraction of sp³-hybridized carbons (Fsp3) is 0.333. The second kappa shape index (κ2) is 13.9. The third-order valence-corrected chi connectivity index (χ3v) is 3.90. The zero-order valence-corrected chi connectivity index (χ0v) is 19.0. The first-order valence-electron chi connectivity index (χ1n) is 9.18. The van der Waals surface area contributed by atoms with Crippen LogP contribution in [0.1, 0.15) is 12.5 Å². The van der Waals surface area contributed by atoms with Gasteiger partial charge in [-0.1, -0.05) is 37.3 Å². The monoisotopic (exact) mass is 514 g/mol. The molecule has 0 bridgehead atoms. The Bertz CT molecular complexity index is 757. The third kappa shape index (κ3) is 10.2. The Kier molecular flexibility index (Phi) is 11.9. The van der Waals surface area contributed by atoms with Crippen molar-refractivity contribution >= 4 is 41.5 Å². The number of benzene rings is 2. The van der Waals surface area contributed by atoms with E-state index in [-0.39, 0.29) is 48.2 Å². The van der Waals surface area contributed by atoms with Gasteiger partial charge in [-0.3, -0.25) is 9.79 Å². The van der Waals surface area contributed by atoms with Crippen molar-refractivity contribution in [3.8, 4) is 0 Å². The van der Waals surface area contributed by atoms with Gasteiger partial charge in [-0.25, -0.2) is 4.39 Å². The van der Waals surface area contributed by atoms with Crippen molar-refractivity contribution < 1.29 is 13.9 Å². The molecule has 6 nitrogen and oxygen atoms in total. The Labute approximate surface area is 188 Å². The second-order valence-electron chi connectivity index (χ2n) is 6.47. The number of ether oxygens (including phenoxy) is 1. The molecule has 1 unspecified atom stereocenters. The zero-order chi connectivity index (χ0) is 20.2. The maximum absolute atomic E-state index is 12.9. The van der Waals surface area contributed by atoms with E-state index in [0.29, 0.717) is 31.4 Å². The fourth-order valence-electron chi connectivity index (χ4n) is 2.41. The summed E-state index contributed by atoms with van der Waals surface area (Å²) in [5, 5.41) is 8.81. The van der Waals surface area contributed by atoms with E-state index in [0.717, 1.165) is 5.56 Å². The second-order valence-corrected chi connectivity index (χ2v) is 6.47. The number of carbonyl (C=O) groups excluding carboxylic acids is 1. The molecule has 0 heterocycles. The minimum absolute atomic E-state index is 0. The van der Waals surface area contributed by atoms with Crippen molar-refractivity contribution in [3.63, 3.8) is 0 Å². The third-order valence-electron chi connectivity index (χ3n) is 3.90. The van der Waals surface area contributed by atoms with Crippen LogP contribution in [0.25, 0.3) is 0 Å².